The molecule has 0 radical (unpaired) electrons. The van der Waals surface area contributed by atoms with Gasteiger partial charge in [-0.3, -0.25) is 4.68 Å². The smallest absolute Gasteiger partial charge is 0.231 e. The minimum atomic E-state index is 0.424. The third-order valence-corrected chi connectivity index (χ3v) is 6.03. The molecule has 0 spiro atoms. The molecule has 3 aromatic heterocycles. The van der Waals surface area contributed by atoms with Gasteiger partial charge in [-0.2, -0.15) is 15.1 Å². The lowest BCUT2D eigenvalue weighted by molar-refractivity contribution is 0.212. The number of nitrogens with one attached hydrogen (secondary N) is 3. The Kier molecular flexibility index (Phi) is 4.43. The molecule has 8 nitrogen and oxygen atoms in total. The van der Waals surface area contributed by atoms with Gasteiger partial charge in [-0.1, -0.05) is 0 Å². The lowest BCUT2D eigenvalue weighted by atomic mass is 10.1. The molecular formula is C20H28N8. The number of hydrogen-bond donors (Lipinski definition) is 3. The highest BCUT2D eigenvalue weighted by Gasteiger charge is 2.28. The molecular weight excluding hydrogens is 352 g/mol. The summed E-state index contributed by atoms with van der Waals surface area (Å²) in [5.74, 6) is 2.23. The van der Waals surface area contributed by atoms with Crippen molar-refractivity contribution >= 4 is 28.5 Å². The summed E-state index contributed by atoms with van der Waals surface area (Å²) in [7, 11) is 2.18. The number of piperidine rings is 1. The van der Waals surface area contributed by atoms with Crippen LogP contribution in [0, 0.1) is 5.92 Å². The molecule has 1 aliphatic heterocycles. The Morgan fingerprint density at radius 2 is 2.00 bits per heavy atom. The van der Waals surface area contributed by atoms with Crippen LogP contribution in [0.25, 0.3) is 11.0 Å². The van der Waals surface area contributed by atoms with Gasteiger partial charge in [0.15, 0.2) is 0 Å². The summed E-state index contributed by atoms with van der Waals surface area (Å²) in [6, 6.07) is 2.92. The van der Waals surface area contributed by atoms with Crippen LogP contribution in [0.1, 0.15) is 38.6 Å². The summed E-state index contributed by atoms with van der Waals surface area (Å²) in [5, 5.41) is 12.5. The number of aromatic amines is 1. The second kappa shape index (κ2) is 7.09. The van der Waals surface area contributed by atoms with Crippen molar-refractivity contribution in [2.75, 3.05) is 30.8 Å². The molecule has 28 heavy (non-hydrogen) atoms. The second-order valence-corrected chi connectivity index (χ2v) is 8.27. The molecule has 0 unspecified atom stereocenters. The molecule has 3 aromatic rings. The molecule has 148 valence electrons. The van der Waals surface area contributed by atoms with E-state index in [9.17, 15) is 0 Å². The maximum Gasteiger partial charge on any atom is 0.231 e. The minimum Gasteiger partial charge on any atom is -0.367 e. The molecule has 4 heterocycles. The normalized spacial score (nSPS) is 19.8. The first-order valence-corrected chi connectivity index (χ1v) is 10.3. The van der Waals surface area contributed by atoms with E-state index in [2.05, 4.69) is 55.5 Å². The van der Waals surface area contributed by atoms with Gasteiger partial charge < -0.3 is 20.5 Å². The van der Waals surface area contributed by atoms with Crippen molar-refractivity contribution in [3.8, 4) is 0 Å². The average molecular weight is 381 g/mol. The quantitative estimate of drug-likeness (QED) is 0.608. The van der Waals surface area contributed by atoms with E-state index in [1.165, 1.54) is 12.8 Å². The SMILES string of the molecule is C[C@H](Nc1nc(Nc2cnn(C3CCN(C)CC3)c2)nc2[nH]ccc12)C1CC1. The van der Waals surface area contributed by atoms with Gasteiger partial charge >= 0.3 is 0 Å². The van der Waals surface area contributed by atoms with Gasteiger partial charge in [-0.05, 0) is 64.7 Å². The zero-order chi connectivity index (χ0) is 19.1. The maximum absolute atomic E-state index is 4.75. The molecule has 2 fully saturated rings. The van der Waals surface area contributed by atoms with E-state index in [1.54, 1.807) is 0 Å². The molecule has 1 saturated carbocycles. The first kappa shape index (κ1) is 17.5. The molecule has 1 saturated heterocycles. The zero-order valence-electron chi connectivity index (χ0n) is 16.5. The summed E-state index contributed by atoms with van der Waals surface area (Å²) in [6.07, 6.45) is 10.7. The topological polar surface area (TPSA) is 86.7 Å². The summed E-state index contributed by atoms with van der Waals surface area (Å²) in [5.41, 5.74) is 1.76. The van der Waals surface area contributed by atoms with Gasteiger partial charge in [0.2, 0.25) is 5.95 Å². The van der Waals surface area contributed by atoms with E-state index in [-0.39, 0.29) is 0 Å². The van der Waals surface area contributed by atoms with Gasteiger partial charge in [0.05, 0.1) is 23.3 Å². The molecule has 1 atom stereocenters. The fourth-order valence-electron chi connectivity index (χ4n) is 4.03. The Morgan fingerprint density at radius 1 is 1.18 bits per heavy atom. The molecule has 5 rings (SSSR count). The highest BCUT2D eigenvalue weighted by molar-refractivity contribution is 5.88. The van der Waals surface area contributed by atoms with Gasteiger partial charge in [0, 0.05) is 18.4 Å². The Morgan fingerprint density at radius 3 is 2.79 bits per heavy atom. The predicted molar refractivity (Wildman–Crippen MR) is 111 cm³/mol. The molecule has 0 amide bonds. The van der Waals surface area contributed by atoms with Crippen LogP contribution >= 0.6 is 0 Å². The average Bonchev–Trinajstić information content (AvgIpc) is 3.26. The predicted octanol–water partition coefficient (Wildman–Crippen LogP) is 3.38. The van der Waals surface area contributed by atoms with Crippen molar-refractivity contribution in [1.29, 1.82) is 0 Å². The van der Waals surface area contributed by atoms with E-state index >= 15 is 0 Å². The van der Waals surface area contributed by atoms with Crippen LogP contribution < -0.4 is 10.6 Å². The molecule has 8 heteroatoms. The number of likely N-dealkylation sites (tertiary alicyclic amines) is 1. The Bertz CT molecular complexity index is 948. The highest BCUT2D eigenvalue weighted by Crippen LogP contribution is 2.35. The van der Waals surface area contributed by atoms with Crippen LogP contribution in [-0.4, -0.2) is 55.8 Å². The number of hydrogen-bond acceptors (Lipinski definition) is 6. The van der Waals surface area contributed by atoms with Gasteiger partial charge in [0.25, 0.3) is 0 Å². The van der Waals surface area contributed by atoms with E-state index in [0.29, 0.717) is 18.0 Å². The molecule has 0 aromatic carbocycles. The van der Waals surface area contributed by atoms with Gasteiger partial charge in [-0.25, -0.2) is 0 Å². The van der Waals surface area contributed by atoms with Crippen LogP contribution in [0.4, 0.5) is 17.5 Å². The molecule has 0 bridgehead atoms. The summed E-state index contributed by atoms with van der Waals surface area (Å²) in [4.78, 5) is 15.0. The van der Waals surface area contributed by atoms with Crippen molar-refractivity contribution in [2.24, 2.45) is 5.92 Å². The molecule has 1 aliphatic carbocycles. The molecule has 3 N–H and O–H groups in total. The minimum absolute atomic E-state index is 0.424. The monoisotopic (exact) mass is 380 g/mol. The molecule has 2 aliphatic rings. The van der Waals surface area contributed by atoms with Crippen LogP contribution in [0.2, 0.25) is 0 Å². The fourth-order valence-corrected chi connectivity index (χ4v) is 4.03. The number of nitrogens with zero attached hydrogens (tertiary/aromatic N) is 5. The largest absolute Gasteiger partial charge is 0.367 e. The first-order chi connectivity index (χ1) is 13.7. The van der Waals surface area contributed by atoms with Gasteiger partial charge in [-0.15, -0.1) is 0 Å². The number of fused-ring (bicyclic) bond motifs is 1. The van der Waals surface area contributed by atoms with Crippen molar-refractivity contribution < 1.29 is 0 Å². The van der Waals surface area contributed by atoms with Crippen molar-refractivity contribution in [2.45, 2.75) is 44.7 Å². The Balaban J connectivity index is 1.35. The number of aromatic nitrogens is 5. The Labute approximate surface area is 164 Å². The second-order valence-electron chi connectivity index (χ2n) is 8.27. The lowest BCUT2D eigenvalue weighted by Gasteiger charge is -2.28. The van der Waals surface area contributed by atoms with E-state index in [4.69, 9.17) is 4.98 Å². The van der Waals surface area contributed by atoms with E-state index in [1.807, 2.05) is 18.5 Å². The highest BCUT2D eigenvalue weighted by atomic mass is 15.3. The number of rotatable bonds is 6. The van der Waals surface area contributed by atoms with E-state index < -0.39 is 0 Å². The van der Waals surface area contributed by atoms with Gasteiger partial charge in [0.1, 0.15) is 11.5 Å². The summed E-state index contributed by atoms with van der Waals surface area (Å²) < 4.78 is 2.08. The first-order valence-electron chi connectivity index (χ1n) is 10.3. The van der Waals surface area contributed by atoms with Crippen molar-refractivity contribution in [1.82, 2.24) is 29.6 Å². The number of anilines is 3. The lowest BCUT2D eigenvalue weighted by Crippen LogP contribution is -2.31. The fraction of sp³-hybridized carbons (Fsp3) is 0.550. The van der Waals surface area contributed by atoms with Crippen molar-refractivity contribution in [3.63, 3.8) is 0 Å². The standard InChI is InChI=1S/C20H28N8/c1-13(14-3-4-14)23-19-17-5-8-21-18(17)25-20(26-19)24-15-11-22-28(12-15)16-6-9-27(2)10-7-16/h5,8,11-14,16H,3-4,6-7,9-10H2,1-2H3,(H3,21,23,24,25,26)/t13-/m0/s1. The van der Waals surface area contributed by atoms with Crippen LogP contribution in [0.15, 0.2) is 24.7 Å². The van der Waals surface area contributed by atoms with Crippen LogP contribution in [0.5, 0.6) is 0 Å². The van der Waals surface area contributed by atoms with Crippen LogP contribution in [-0.2, 0) is 0 Å². The summed E-state index contributed by atoms with van der Waals surface area (Å²) >= 11 is 0. The van der Waals surface area contributed by atoms with E-state index in [0.717, 1.165) is 54.4 Å². The Hall–Kier alpha value is -2.61. The maximum atomic E-state index is 4.75. The third kappa shape index (κ3) is 3.56. The zero-order valence-corrected chi connectivity index (χ0v) is 16.5. The van der Waals surface area contributed by atoms with Crippen LogP contribution in [0.3, 0.4) is 0 Å². The van der Waals surface area contributed by atoms with Crippen molar-refractivity contribution in [3.05, 3.63) is 24.7 Å². The number of H-pyrrole nitrogens is 1. The third-order valence-electron chi connectivity index (χ3n) is 6.03. The summed E-state index contributed by atoms with van der Waals surface area (Å²) in [6.45, 7) is 4.47.